The van der Waals surface area contributed by atoms with E-state index in [1.165, 1.54) is 7.11 Å². The number of hydrogen-bond donors (Lipinski definition) is 1. The molecule has 2 rings (SSSR count). The van der Waals surface area contributed by atoms with Crippen LogP contribution in [-0.4, -0.2) is 62.0 Å². The first-order chi connectivity index (χ1) is 13.0. The molecule has 1 N–H and O–H groups in total. The second-order valence-electron chi connectivity index (χ2n) is 6.58. The molecule has 7 nitrogen and oxygen atoms in total. The molecule has 148 valence electrons. The van der Waals surface area contributed by atoms with Gasteiger partial charge in [-0.1, -0.05) is 12.1 Å². The van der Waals surface area contributed by atoms with Gasteiger partial charge < -0.3 is 19.9 Å². The third kappa shape index (κ3) is 5.45. The molecule has 1 aromatic rings. The summed E-state index contributed by atoms with van der Waals surface area (Å²) in [6.45, 7) is 6.80. The molecule has 1 aromatic carbocycles. The Hall–Kier alpha value is -2.57. The summed E-state index contributed by atoms with van der Waals surface area (Å²) in [5.74, 6) is -0.796. The molecule has 0 bridgehead atoms. The molecule has 0 saturated carbocycles. The van der Waals surface area contributed by atoms with Gasteiger partial charge in [0, 0.05) is 37.9 Å². The Labute approximate surface area is 160 Å². The van der Waals surface area contributed by atoms with Crippen molar-refractivity contribution in [2.24, 2.45) is 0 Å². The van der Waals surface area contributed by atoms with E-state index in [9.17, 15) is 14.4 Å². The lowest BCUT2D eigenvalue weighted by molar-refractivity contribution is -0.144. The Morgan fingerprint density at radius 1 is 1.15 bits per heavy atom. The molecule has 0 unspecified atom stereocenters. The zero-order chi connectivity index (χ0) is 19.8. The number of benzene rings is 1. The Kier molecular flexibility index (Phi) is 7.64. The average molecular weight is 375 g/mol. The highest BCUT2D eigenvalue weighted by atomic mass is 16.5. The van der Waals surface area contributed by atoms with Crippen LogP contribution in [0.4, 0.5) is 5.69 Å². The van der Waals surface area contributed by atoms with Gasteiger partial charge in [-0.15, -0.1) is 0 Å². The van der Waals surface area contributed by atoms with Crippen LogP contribution in [0.3, 0.4) is 0 Å². The van der Waals surface area contributed by atoms with E-state index in [4.69, 9.17) is 0 Å². The number of anilines is 1. The second kappa shape index (κ2) is 9.94. The summed E-state index contributed by atoms with van der Waals surface area (Å²) >= 11 is 0. The van der Waals surface area contributed by atoms with Crippen molar-refractivity contribution >= 4 is 23.5 Å². The maximum Gasteiger partial charge on any atom is 0.315 e. The van der Waals surface area contributed by atoms with Gasteiger partial charge in [0.25, 0.3) is 5.91 Å². The summed E-state index contributed by atoms with van der Waals surface area (Å²) in [5, 5.41) is 2.89. The first-order valence-electron chi connectivity index (χ1n) is 9.49. The van der Waals surface area contributed by atoms with E-state index in [1.807, 2.05) is 43.0 Å². The normalized spacial score (nSPS) is 14.6. The monoisotopic (exact) mass is 375 g/mol. The average Bonchev–Trinajstić information content (AvgIpc) is 2.69. The van der Waals surface area contributed by atoms with Gasteiger partial charge in [0.05, 0.1) is 12.7 Å². The van der Waals surface area contributed by atoms with Gasteiger partial charge in [0.15, 0.2) is 0 Å². The highest BCUT2D eigenvalue weighted by Crippen LogP contribution is 2.25. The number of para-hydroxylation sites is 1. The minimum atomic E-state index is -0.534. The van der Waals surface area contributed by atoms with Crippen LogP contribution >= 0.6 is 0 Å². The first kappa shape index (κ1) is 20.7. The predicted molar refractivity (Wildman–Crippen MR) is 104 cm³/mol. The van der Waals surface area contributed by atoms with Crippen molar-refractivity contribution in [2.45, 2.75) is 39.2 Å². The van der Waals surface area contributed by atoms with Crippen LogP contribution in [0.15, 0.2) is 24.3 Å². The lowest BCUT2D eigenvalue weighted by Crippen LogP contribution is -2.45. The molecule has 2 amide bonds. The van der Waals surface area contributed by atoms with Gasteiger partial charge in [0.1, 0.15) is 6.42 Å². The molecule has 0 aliphatic carbocycles. The first-order valence-corrected chi connectivity index (χ1v) is 9.49. The third-order valence-electron chi connectivity index (χ3n) is 4.92. The lowest BCUT2D eigenvalue weighted by atomic mass is 10.0. The number of carbonyl (C=O) groups is 3. The predicted octanol–water partition coefficient (Wildman–Crippen LogP) is 1.82. The van der Waals surface area contributed by atoms with Crippen molar-refractivity contribution < 1.29 is 19.1 Å². The largest absolute Gasteiger partial charge is 0.469 e. The maximum atomic E-state index is 12.8. The van der Waals surface area contributed by atoms with Crippen LogP contribution in [0, 0.1) is 0 Å². The van der Waals surface area contributed by atoms with Crippen molar-refractivity contribution in [1.29, 1.82) is 0 Å². The molecule has 1 heterocycles. The number of hydrogen-bond acceptors (Lipinski definition) is 5. The van der Waals surface area contributed by atoms with Crippen molar-refractivity contribution in [1.82, 2.24) is 10.2 Å². The van der Waals surface area contributed by atoms with Gasteiger partial charge in [-0.3, -0.25) is 14.4 Å². The fourth-order valence-electron chi connectivity index (χ4n) is 3.36. The Morgan fingerprint density at radius 3 is 2.37 bits per heavy atom. The van der Waals surface area contributed by atoms with Crippen LogP contribution in [0.2, 0.25) is 0 Å². The number of piperidine rings is 1. The van der Waals surface area contributed by atoms with Crippen molar-refractivity contribution in [3.8, 4) is 0 Å². The van der Waals surface area contributed by atoms with Gasteiger partial charge in [-0.25, -0.2) is 0 Å². The molecular weight excluding hydrogens is 346 g/mol. The van der Waals surface area contributed by atoms with Crippen molar-refractivity contribution in [3.63, 3.8) is 0 Å². The van der Waals surface area contributed by atoms with E-state index in [-0.39, 0.29) is 24.3 Å². The summed E-state index contributed by atoms with van der Waals surface area (Å²) in [6, 6.07) is 7.72. The zero-order valence-electron chi connectivity index (χ0n) is 16.4. The lowest BCUT2D eigenvalue weighted by Gasteiger charge is -2.35. The fourth-order valence-corrected chi connectivity index (χ4v) is 3.36. The Morgan fingerprint density at radius 2 is 1.78 bits per heavy atom. The molecule has 1 aliphatic rings. The van der Waals surface area contributed by atoms with Gasteiger partial charge in [-0.05, 0) is 38.8 Å². The van der Waals surface area contributed by atoms with E-state index >= 15 is 0 Å². The molecule has 27 heavy (non-hydrogen) atoms. The van der Waals surface area contributed by atoms with E-state index in [0.29, 0.717) is 13.1 Å². The van der Waals surface area contributed by atoms with Crippen LogP contribution in [0.5, 0.6) is 0 Å². The van der Waals surface area contributed by atoms with Crippen molar-refractivity contribution in [3.05, 3.63) is 29.8 Å². The number of rotatable bonds is 7. The van der Waals surface area contributed by atoms with Gasteiger partial charge >= 0.3 is 5.97 Å². The SMILES string of the molecule is CCN(CC)C(=O)c1ccccc1N1CCC(NC(=O)CC(=O)OC)CC1. The summed E-state index contributed by atoms with van der Waals surface area (Å²) in [6.07, 6.45) is 1.28. The molecule has 1 saturated heterocycles. The Bertz CT molecular complexity index is 665. The summed E-state index contributed by atoms with van der Waals surface area (Å²) in [5.41, 5.74) is 1.66. The molecule has 0 aromatic heterocycles. The molecular formula is C20H29N3O4. The number of nitrogens with zero attached hydrogens (tertiary/aromatic N) is 2. The molecule has 1 aliphatic heterocycles. The minimum absolute atomic E-state index is 0.0315. The number of amides is 2. The number of esters is 1. The van der Waals surface area contributed by atoms with Crippen LogP contribution < -0.4 is 10.2 Å². The second-order valence-corrected chi connectivity index (χ2v) is 6.58. The standard InChI is InChI=1S/C20H29N3O4/c1-4-22(5-2)20(26)16-8-6-7-9-17(16)23-12-10-15(11-13-23)21-18(24)14-19(25)27-3/h6-9,15H,4-5,10-14H2,1-3H3,(H,21,24). The van der Waals surface area contributed by atoms with E-state index in [2.05, 4.69) is 15.0 Å². The van der Waals surface area contributed by atoms with E-state index in [1.54, 1.807) is 0 Å². The fraction of sp³-hybridized carbons (Fsp3) is 0.550. The van der Waals surface area contributed by atoms with Crippen LogP contribution in [-0.2, 0) is 14.3 Å². The van der Waals surface area contributed by atoms with E-state index < -0.39 is 5.97 Å². The molecule has 1 fully saturated rings. The van der Waals surface area contributed by atoms with Crippen LogP contribution in [0.1, 0.15) is 43.5 Å². The molecule has 0 radical (unpaired) electrons. The van der Waals surface area contributed by atoms with Gasteiger partial charge in [0.2, 0.25) is 5.91 Å². The topological polar surface area (TPSA) is 79.0 Å². The smallest absolute Gasteiger partial charge is 0.315 e. The number of ether oxygens (including phenoxy) is 1. The highest BCUT2D eigenvalue weighted by Gasteiger charge is 2.25. The van der Waals surface area contributed by atoms with E-state index in [0.717, 1.165) is 37.2 Å². The quantitative estimate of drug-likeness (QED) is 0.581. The zero-order valence-corrected chi connectivity index (χ0v) is 16.4. The minimum Gasteiger partial charge on any atom is -0.469 e. The molecule has 7 heteroatoms. The number of carbonyl (C=O) groups excluding carboxylic acids is 3. The summed E-state index contributed by atoms with van der Waals surface area (Å²) in [7, 11) is 1.27. The molecule has 0 spiro atoms. The third-order valence-corrected chi connectivity index (χ3v) is 4.92. The molecule has 0 atom stereocenters. The number of nitrogens with one attached hydrogen (secondary N) is 1. The highest BCUT2D eigenvalue weighted by molar-refractivity contribution is 6.00. The maximum absolute atomic E-state index is 12.8. The van der Waals surface area contributed by atoms with Crippen molar-refractivity contribution in [2.75, 3.05) is 38.2 Å². The summed E-state index contributed by atoms with van der Waals surface area (Å²) in [4.78, 5) is 39.8. The van der Waals surface area contributed by atoms with Crippen LogP contribution in [0.25, 0.3) is 0 Å². The number of methoxy groups -OCH3 is 1. The van der Waals surface area contributed by atoms with Gasteiger partial charge in [-0.2, -0.15) is 0 Å². The summed E-state index contributed by atoms with van der Waals surface area (Å²) < 4.78 is 4.51. The Balaban J connectivity index is 1.99.